The molecule has 1 fully saturated rings. The first-order valence-electron chi connectivity index (χ1n) is 7.35. The molecule has 0 bridgehead atoms. The molecule has 1 aromatic carbocycles. The highest BCUT2D eigenvalue weighted by Gasteiger charge is 2.14. The molecule has 1 saturated carbocycles. The molecule has 0 unspecified atom stereocenters. The number of nitrogens with zero attached hydrogens (tertiary/aromatic N) is 2. The van der Waals surface area contributed by atoms with Crippen LogP contribution in [0.2, 0.25) is 0 Å². The predicted octanol–water partition coefficient (Wildman–Crippen LogP) is 3.58. The maximum atomic E-state index is 5.46. The van der Waals surface area contributed by atoms with Crippen molar-refractivity contribution in [3.8, 4) is 0 Å². The van der Waals surface area contributed by atoms with Gasteiger partial charge in [0, 0.05) is 6.54 Å². The zero-order chi connectivity index (χ0) is 14.2. The van der Waals surface area contributed by atoms with E-state index in [1.807, 2.05) is 20.2 Å². The minimum atomic E-state index is 0.648. The summed E-state index contributed by atoms with van der Waals surface area (Å²) in [5, 5.41) is 4.35. The normalized spacial score (nSPS) is 19.8. The lowest BCUT2D eigenvalue weighted by atomic mass is 9.91. The Morgan fingerprint density at radius 3 is 2.65 bits per heavy atom. The van der Waals surface area contributed by atoms with E-state index in [4.69, 9.17) is 4.84 Å². The van der Waals surface area contributed by atoms with Gasteiger partial charge < -0.3 is 9.74 Å². The number of oxime groups is 1. The van der Waals surface area contributed by atoms with Gasteiger partial charge in [0.25, 0.3) is 0 Å². The van der Waals surface area contributed by atoms with Crippen molar-refractivity contribution in [2.24, 2.45) is 5.16 Å². The zero-order valence-corrected chi connectivity index (χ0v) is 12.5. The summed E-state index contributed by atoms with van der Waals surface area (Å²) < 4.78 is 0. The monoisotopic (exact) mass is 272 g/mol. The Bertz CT molecular complexity index is 463. The Labute approximate surface area is 121 Å². The van der Waals surface area contributed by atoms with E-state index in [-0.39, 0.29) is 0 Å². The number of allylic oxidation sites excluding steroid dienone is 1. The molecule has 0 saturated heterocycles. The molecule has 0 radical (unpaired) electrons. The van der Waals surface area contributed by atoms with E-state index in [9.17, 15) is 0 Å². The van der Waals surface area contributed by atoms with Crippen LogP contribution in [0.3, 0.4) is 0 Å². The van der Waals surface area contributed by atoms with Crippen LogP contribution in [0.5, 0.6) is 0 Å². The summed E-state index contributed by atoms with van der Waals surface area (Å²) in [6, 6.07) is 10.4. The molecule has 1 aliphatic carbocycles. The van der Waals surface area contributed by atoms with Crippen molar-refractivity contribution in [1.29, 1.82) is 0 Å². The summed E-state index contributed by atoms with van der Waals surface area (Å²) in [5.74, 6) is 0. The van der Waals surface area contributed by atoms with E-state index >= 15 is 0 Å². The highest BCUT2D eigenvalue weighted by Crippen LogP contribution is 2.23. The molecule has 0 heterocycles. The molecule has 0 aromatic heterocycles. The maximum Gasteiger partial charge on any atom is 0.129 e. The lowest BCUT2D eigenvalue weighted by Gasteiger charge is -2.17. The van der Waals surface area contributed by atoms with Crippen LogP contribution in [-0.4, -0.2) is 37.9 Å². The first-order chi connectivity index (χ1) is 9.75. The molecule has 3 heteroatoms. The molecular weight excluding hydrogens is 248 g/mol. The molecule has 0 atom stereocenters. The highest BCUT2D eigenvalue weighted by atomic mass is 16.6. The molecule has 20 heavy (non-hydrogen) atoms. The van der Waals surface area contributed by atoms with Crippen molar-refractivity contribution in [2.75, 3.05) is 27.2 Å². The lowest BCUT2D eigenvalue weighted by molar-refractivity contribution is 0.125. The van der Waals surface area contributed by atoms with Gasteiger partial charge >= 0.3 is 0 Å². The van der Waals surface area contributed by atoms with Crippen LogP contribution >= 0.6 is 0 Å². The van der Waals surface area contributed by atoms with E-state index in [0.29, 0.717) is 6.61 Å². The van der Waals surface area contributed by atoms with Crippen molar-refractivity contribution < 1.29 is 4.84 Å². The van der Waals surface area contributed by atoms with E-state index in [2.05, 4.69) is 40.4 Å². The number of rotatable bonds is 5. The van der Waals surface area contributed by atoms with Gasteiger partial charge in [-0.25, -0.2) is 0 Å². The average Bonchev–Trinajstić information content (AvgIpc) is 2.46. The lowest BCUT2D eigenvalue weighted by Crippen LogP contribution is -2.17. The largest absolute Gasteiger partial charge is 0.394 e. The molecule has 3 nitrogen and oxygen atoms in total. The van der Waals surface area contributed by atoms with Gasteiger partial charge in [0.05, 0.1) is 5.71 Å². The third-order valence-electron chi connectivity index (χ3n) is 3.43. The predicted molar refractivity (Wildman–Crippen MR) is 84.8 cm³/mol. The SMILES string of the molecule is CN(C)CCON=C1CCCCC1=Cc1ccccc1. The molecule has 0 amide bonds. The maximum absolute atomic E-state index is 5.46. The Balaban J connectivity index is 2.01. The minimum absolute atomic E-state index is 0.648. The molecule has 0 N–H and O–H groups in total. The number of benzene rings is 1. The Hall–Kier alpha value is -1.61. The molecule has 1 aromatic rings. The molecule has 108 valence electrons. The fraction of sp³-hybridized carbons (Fsp3) is 0.471. The van der Waals surface area contributed by atoms with Gasteiger partial charge in [-0.2, -0.15) is 0 Å². The first-order valence-corrected chi connectivity index (χ1v) is 7.35. The molecule has 0 spiro atoms. The fourth-order valence-electron chi connectivity index (χ4n) is 2.27. The molecule has 2 rings (SSSR count). The van der Waals surface area contributed by atoms with Crippen LogP contribution in [0, 0.1) is 0 Å². The van der Waals surface area contributed by atoms with Crippen molar-refractivity contribution in [2.45, 2.75) is 25.7 Å². The molecule has 0 aliphatic heterocycles. The second-order valence-corrected chi connectivity index (χ2v) is 5.46. The molecular formula is C17H24N2O. The van der Waals surface area contributed by atoms with Crippen LogP contribution < -0.4 is 0 Å². The van der Waals surface area contributed by atoms with Crippen LogP contribution in [-0.2, 0) is 4.84 Å². The zero-order valence-electron chi connectivity index (χ0n) is 12.5. The van der Waals surface area contributed by atoms with E-state index in [1.54, 1.807) is 0 Å². The third kappa shape index (κ3) is 4.82. The summed E-state index contributed by atoms with van der Waals surface area (Å²) >= 11 is 0. The third-order valence-corrected chi connectivity index (χ3v) is 3.43. The smallest absolute Gasteiger partial charge is 0.129 e. The highest BCUT2D eigenvalue weighted by molar-refractivity contribution is 6.03. The van der Waals surface area contributed by atoms with E-state index in [1.165, 1.54) is 24.0 Å². The van der Waals surface area contributed by atoms with Gasteiger partial charge in [-0.05, 0) is 57.0 Å². The van der Waals surface area contributed by atoms with E-state index in [0.717, 1.165) is 25.1 Å². The Morgan fingerprint density at radius 1 is 1.15 bits per heavy atom. The van der Waals surface area contributed by atoms with Gasteiger partial charge in [0.2, 0.25) is 0 Å². The number of likely N-dealkylation sites (N-methyl/N-ethyl adjacent to an activating group) is 1. The Kier molecular flexibility index (Phi) is 5.81. The molecule has 1 aliphatic rings. The van der Waals surface area contributed by atoms with Crippen molar-refractivity contribution in [1.82, 2.24) is 4.90 Å². The van der Waals surface area contributed by atoms with Gasteiger partial charge in [-0.15, -0.1) is 0 Å². The van der Waals surface area contributed by atoms with Crippen molar-refractivity contribution >= 4 is 11.8 Å². The summed E-state index contributed by atoms with van der Waals surface area (Å²) in [7, 11) is 4.08. The van der Waals surface area contributed by atoms with Crippen LogP contribution in [0.25, 0.3) is 6.08 Å². The summed E-state index contributed by atoms with van der Waals surface area (Å²) in [5.41, 5.74) is 3.69. The van der Waals surface area contributed by atoms with E-state index < -0.39 is 0 Å². The number of hydrogen-bond acceptors (Lipinski definition) is 3. The summed E-state index contributed by atoms with van der Waals surface area (Å²) in [6.07, 6.45) is 6.83. The van der Waals surface area contributed by atoms with Crippen molar-refractivity contribution in [3.05, 3.63) is 41.5 Å². The van der Waals surface area contributed by atoms with Gasteiger partial charge in [-0.3, -0.25) is 0 Å². The Morgan fingerprint density at radius 2 is 1.90 bits per heavy atom. The van der Waals surface area contributed by atoms with Gasteiger partial charge in [0.15, 0.2) is 0 Å². The van der Waals surface area contributed by atoms with Crippen LogP contribution in [0.1, 0.15) is 31.2 Å². The fourth-order valence-corrected chi connectivity index (χ4v) is 2.27. The summed E-state index contributed by atoms with van der Waals surface area (Å²) in [6.45, 7) is 1.55. The topological polar surface area (TPSA) is 24.8 Å². The average molecular weight is 272 g/mol. The second-order valence-electron chi connectivity index (χ2n) is 5.46. The second kappa shape index (κ2) is 7.85. The first kappa shape index (κ1) is 14.8. The minimum Gasteiger partial charge on any atom is -0.394 e. The quantitative estimate of drug-likeness (QED) is 0.604. The summed E-state index contributed by atoms with van der Waals surface area (Å²) in [4.78, 5) is 7.56. The standard InChI is InChI=1S/C17H24N2O/c1-19(2)12-13-20-18-17-11-7-6-10-16(17)14-15-8-4-3-5-9-15/h3-5,8-9,14H,6-7,10-13H2,1-2H3. The van der Waals surface area contributed by atoms with Crippen LogP contribution in [0.15, 0.2) is 41.1 Å². The van der Waals surface area contributed by atoms with Gasteiger partial charge in [0.1, 0.15) is 6.61 Å². The van der Waals surface area contributed by atoms with Crippen molar-refractivity contribution in [3.63, 3.8) is 0 Å². The number of hydrogen-bond donors (Lipinski definition) is 0. The van der Waals surface area contributed by atoms with Crippen LogP contribution in [0.4, 0.5) is 0 Å². The van der Waals surface area contributed by atoms with Gasteiger partial charge in [-0.1, -0.05) is 35.5 Å².